The maximum absolute atomic E-state index is 13.5. The van der Waals surface area contributed by atoms with Crippen molar-refractivity contribution in [3.05, 3.63) is 75.8 Å². The number of benzene rings is 2. The lowest BCUT2D eigenvalue weighted by Crippen LogP contribution is -2.62. The van der Waals surface area contributed by atoms with E-state index in [4.69, 9.17) is 10.5 Å². The molecule has 0 saturated carbocycles. The molecule has 0 spiro atoms. The molecule has 2 heterocycles. The number of fused-ring (bicyclic) bond motifs is 1. The number of aromatic nitrogens is 2. The van der Waals surface area contributed by atoms with E-state index in [1.165, 1.54) is 6.92 Å². The summed E-state index contributed by atoms with van der Waals surface area (Å²) in [5, 5.41) is 2.42. The number of carbonyl (C=O) groups excluding carboxylic acids is 3. The number of nitrogens with two attached hydrogens (primary N) is 1. The van der Waals surface area contributed by atoms with Crippen molar-refractivity contribution in [2.75, 3.05) is 0 Å². The maximum atomic E-state index is 13.5. The van der Waals surface area contributed by atoms with Crippen LogP contribution in [0.25, 0.3) is 10.9 Å². The number of amides is 2. The summed E-state index contributed by atoms with van der Waals surface area (Å²) in [6.07, 6.45) is -0.331. The number of esters is 1. The SMILES string of the molecule is Cc1nc2cc(CN)ccc2c(=O)n1C1(C(=O)OCc2ccccc2)CCC(=O)NC1=O. The zero-order valence-corrected chi connectivity index (χ0v) is 17.5. The summed E-state index contributed by atoms with van der Waals surface area (Å²) in [6.45, 7) is 1.73. The first-order chi connectivity index (χ1) is 15.4. The molecule has 0 radical (unpaired) electrons. The lowest BCUT2D eigenvalue weighted by molar-refractivity contribution is -0.164. The summed E-state index contributed by atoms with van der Waals surface area (Å²) >= 11 is 0. The fraction of sp³-hybridized carbons (Fsp3) is 0.261. The topological polar surface area (TPSA) is 133 Å². The second kappa shape index (κ2) is 8.35. The zero-order chi connectivity index (χ0) is 22.9. The molecule has 1 saturated heterocycles. The molecule has 1 aliphatic rings. The monoisotopic (exact) mass is 434 g/mol. The van der Waals surface area contributed by atoms with Gasteiger partial charge in [0, 0.05) is 13.0 Å². The third kappa shape index (κ3) is 3.56. The predicted octanol–water partition coefficient (Wildman–Crippen LogP) is 1.04. The third-order valence-electron chi connectivity index (χ3n) is 5.61. The molecule has 164 valence electrons. The van der Waals surface area contributed by atoms with E-state index in [9.17, 15) is 19.2 Å². The van der Waals surface area contributed by atoms with Crippen LogP contribution in [0.4, 0.5) is 0 Å². The molecular formula is C23H22N4O5. The first-order valence-electron chi connectivity index (χ1n) is 10.1. The summed E-state index contributed by atoms with van der Waals surface area (Å²) < 4.78 is 6.52. The van der Waals surface area contributed by atoms with E-state index in [0.717, 1.165) is 15.7 Å². The minimum Gasteiger partial charge on any atom is -0.459 e. The molecular weight excluding hydrogens is 412 g/mol. The molecule has 3 aromatic rings. The average molecular weight is 434 g/mol. The Morgan fingerprint density at radius 2 is 1.91 bits per heavy atom. The van der Waals surface area contributed by atoms with Crippen molar-refractivity contribution < 1.29 is 19.1 Å². The Kier molecular flexibility index (Phi) is 5.58. The lowest BCUT2D eigenvalue weighted by atomic mass is 9.87. The highest BCUT2D eigenvalue weighted by Gasteiger charge is 2.54. The van der Waals surface area contributed by atoms with E-state index in [1.54, 1.807) is 42.5 Å². The number of hydrogen-bond donors (Lipinski definition) is 2. The van der Waals surface area contributed by atoms with Crippen LogP contribution in [-0.4, -0.2) is 27.3 Å². The predicted molar refractivity (Wildman–Crippen MR) is 115 cm³/mol. The summed E-state index contributed by atoms with van der Waals surface area (Å²) in [6, 6.07) is 13.9. The summed E-state index contributed by atoms with van der Waals surface area (Å²) in [4.78, 5) is 56.2. The second-order valence-corrected chi connectivity index (χ2v) is 7.65. The minimum absolute atomic E-state index is 0.0860. The van der Waals surface area contributed by atoms with Gasteiger partial charge < -0.3 is 10.5 Å². The van der Waals surface area contributed by atoms with Crippen LogP contribution < -0.4 is 16.6 Å². The average Bonchev–Trinajstić information content (AvgIpc) is 2.79. The van der Waals surface area contributed by atoms with Gasteiger partial charge >= 0.3 is 5.97 Å². The van der Waals surface area contributed by atoms with Gasteiger partial charge in [-0.15, -0.1) is 0 Å². The molecule has 4 rings (SSSR count). The molecule has 9 nitrogen and oxygen atoms in total. The number of nitrogens with one attached hydrogen (secondary N) is 1. The van der Waals surface area contributed by atoms with Crippen LogP contribution >= 0.6 is 0 Å². The van der Waals surface area contributed by atoms with Crippen LogP contribution in [-0.2, 0) is 37.8 Å². The van der Waals surface area contributed by atoms with Crippen molar-refractivity contribution in [1.29, 1.82) is 0 Å². The Balaban J connectivity index is 1.84. The largest absolute Gasteiger partial charge is 0.459 e. The van der Waals surface area contributed by atoms with Gasteiger partial charge in [-0.2, -0.15) is 0 Å². The molecule has 1 aliphatic heterocycles. The Labute approximate surface area is 183 Å². The minimum atomic E-state index is -2.04. The summed E-state index contributed by atoms with van der Waals surface area (Å²) in [7, 11) is 0. The van der Waals surface area contributed by atoms with E-state index in [-0.39, 0.29) is 37.2 Å². The highest BCUT2D eigenvalue weighted by atomic mass is 16.5. The fourth-order valence-corrected chi connectivity index (χ4v) is 3.96. The number of rotatable bonds is 5. The number of aryl methyl sites for hydroxylation is 1. The second-order valence-electron chi connectivity index (χ2n) is 7.65. The number of carbonyl (C=O) groups is 3. The van der Waals surface area contributed by atoms with E-state index in [2.05, 4.69) is 10.3 Å². The zero-order valence-electron chi connectivity index (χ0n) is 17.5. The molecule has 3 N–H and O–H groups in total. The molecule has 2 aromatic carbocycles. The Bertz CT molecular complexity index is 1280. The molecule has 1 fully saturated rings. The van der Waals surface area contributed by atoms with Crippen LogP contribution in [0.1, 0.15) is 29.8 Å². The van der Waals surface area contributed by atoms with Crippen molar-refractivity contribution in [3.63, 3.8) is 0 Å². The highest BCUT2D eigenvalue weighted by molar-refractivity contribution is 6.12. The Morgan fingerprint density at radius 1 is 1.16 bits per heavy atom. The van der Waals surface area contributed by atoms with Gasteiger partial charge in [-0.25, -0.2) is 9.78 Å². The van der Waals surface area contributed by atoms with Crippen LogP contribution in [0.15, 0.2) is 53.3 Å². The Morgan fingerprint density at radius 3 is 2.59 bits per heavy atom. The van der Waals surface area contributed by atoms with Gasteiger partial charge in [-0.3, -0.25) is 24.3 Å². The number of hydrogen-bond acceptors (Lipinski definition) is 7. The summed E-state index contributed by atoms with van der Waals surface area (Å²) in [5.74, 6) is -2.20. The number of nitrogens with zero attached hydrogens (tertiary/aromatic N) is 2. The number of imide groups is 1. The van der Waals surface area contributed by atoms with E-state index in [1.807, 2.05) is 6.07 Å². The third-order valence-corrected chi connectivity index (χ3v) is 5.61. The van der Waals surface area contributed by atoms with Crippen molar-refractivity contribution in [1.82, 2.24) is 14.9 Å². The molecule has 1 atom stereocenters. The quantitative estimate of drug-likeness (QED) is 0.348. The van der Waals surface area contributed by atoms with E-state index >= 15 is 0 Å². The van der Waals surface area contributed by atoms with Gasteiger partial charge in [0.2, 0.25) is 11.4 Å². The Hall–Kier alpha value is -3.85. The van der Waals surface area contributed by atoms with Crippen molar-refractivity contribution in [2.45, 2.75) is 38.5 Å². The van der Waals surface area contributed by atoms with E-state index < -0.39 is 28.9 Å². The molecule has 1 aromatic heterocycles. The van der Waals surface area contributed by atoms with Gasteiger partial charge in [-0.05, 0) is 36.6 Å². The fourth-order valence-electron chi connectivity index (χ4n) is 3.96. The van der Waals surface area contributed by atoms with Crippen LogP contribution in [0.5, 0.6) is 0 Å². The van der Waals surface area contributed by atoms with Gasteiger partial charge in [0.25, 0.3) is 11.5 Å². The molecule has 32 heavy (non-hydrogen) atoms. The molecule has 0 bridgehead atoms. The first kappa shape index (κ1) is 21.4. The normalized spacial score (nSPS) is 18.4. The first-order valence-corrected chi connectivity index (χ1v) is 10.1. The van der Waals surface area contributed by atoms with Gasteiger partial charge in [0.15, 0.2) is 0 Å². The van der Waals surface area contributed by atoms with Gasteiger partial charge in [0.05, 0.1) is 10.9 Å². The highest BCUT2D eigenvalue weighted by Crippen LogP contribution is 2.30. The molecule has 0 aliphatic carbocycles. The molecule has 2 amide bonds. The van der Waals surface area contributed by atoms with Crippen molar-refractivity contribution in [3.8, 4) is 0 Å². The van der Waals surface area contributed by atoms with Crippen LogP contribution in [0.2, 0.25) is 0 Å². The van der Waals surface area contributed by atoms with Gasteiger partial charge in [-0.1, -0.05) is 36.4 Å². The smallest absolute Gasteiger partial charge is 0.342 e. The maximum Gasteiger partial charge on any atom is 0.342 e. The van der Waals surface area contributed by atoms with Gasteiger partial charge in [0.1, 0.15) is 12.4 Å². The van der Waals surface area contributed by atoms with E-state index in [0.29, 0.717) is 5.52 Å². The van der Waals surface area contributed by atoms with Crippen molar-refractivity contribution in [2.24, 2.45) is 5.73 Å². The van der Waals surface area contributed by atoms with Crippen LogP contribution in [0.3, 0.4) is 0 Å². The molecule has 9 heteroatoms. The lowest BCUT2D eigenvalue weighted by Gasteiger charge is -2.35. The number of piperidine rings is 1. The molecule has 1 unspecified atom stereocenters. The van der Waals surface area contributed by atoms with Crippen molar-refractivity contribution >= 4 is 28.7 Å². The summed E-state index contributed by atoms with van der Waals surface area (Å²) in [5.41, 5.74) is 4.98. The number of ether oxygens (including phenoxy) is 1. The standard InChI is InChI=1S/C23H22N4O5/c1-14-25-18-11-16(12-24)7-8-17(18)20(29)27(14)23(10-9-19(28)26-21(23)30)22(31)32-13-15-5-3-2-4-6-15/h2-8,11H,9-10,12-13,24H2,1H3,(H,26,28,30). The van der Waals surface area contributed by atoms with Crippen LogP contribution in [0, 0.1) is 6.92 Å².